The monoisotopic (exact) mass is 203 g/mol. The molecule has 0 N–H and O–H groups in total. The highest BCUT2D eigenvalue weighted by Gasteiger charge is 2.30. The van der Waals surface area contributed by atoms with Crippen LogP contribution in [0.1, 0.15) is 6.92 Å². The number of carbonyl (C=O) groups is 1. The molecule has 1 rings (SSSR count). The lowest BCUT2D eigenvalue weighted by Gasteiger charge is -2.28. The summed E-state index contributed by atoms with van der Waals surface area (Å²) in [6.45, 7) is 9.33. The predicted octanol–water partition coefficient (Wildman–Crippen LogP) is 1.64. The molecule has 0 saturated carbocycles. The summed E-state index contributed by atoms with van der Waals surface area (Å²) in [5.41, 5.74) is 0. The van der Waals surface area contributed by atoms with Gasteiger partial charge in [0.1, 0.15) is 12.8 Å². The Kier molecular flexibility index (Phi) is 2.97. The topological polar surface area (TPSA) is 38.8 Å². The van der Waals surface area contributed by atoms with Gasteiger partial charge in [-0.15, -0.1) is 0 Å². The molecule has 0 radical (unpaired) electrons. The maximum Gasteiger partial charge on any atom is 0.411 e. The molecule has 0 spiro atoms. The largest absolute Gasteiger partial charge is 0.447 e. The van der Waals surface area contributed by atoms with Crippen LogP contribution in [-0.4, -0.2) is 38.7 Å². The van der Waals surface area contributed by atoms with E-state index in [1.54, 1.807) is 4.90 Å². The fourth-order valence-corrected chi connectivity index (χ4v) is 2.46. The van der Waals surface area contributed by atoms with Crippen LogP contribution in [0.2, 0.25) is 19.6 Å². The molecule has 0 aromatic rings. The minimum Gasteiger partial charge on any atom is -0.447 e. The van der Waals surface area contributed by atoms with Crippen molar-refractivity contribution in [2.75, 3.05) is 13.2 Å². The number of ether oxygens (including phenoxy) is 1. The second-order valence-electron chi connectivity index (χ2n) is 4.14. The molecule has 1 unspecified atom stereocenters. The number of rotatable bonds is 3. The molecule has 0 aliphatic carbocycles. The SMILES string of the molecule is CC(O[Si](C)(C)C)N1CCOC1=O. The molecule has 13 heavy (non-hydrogen) atoms. The molecule has 1 atom stereocenters. The minimum atomic E-state index is -1.57. The quantitative estimate of drug-likeness (QED) is 0.654. The number of amides is 1. The Hall–Kier alpha value is -0.553. The summed E-state index contributed by atoms with van der Waals surface area (Å²) in [7, 11) is -1.57. The van der Waals surface area contributed by atoms with Crippen LogP contribution in [0.25, 0.3) is 0 Å². The molecule has 1 saturated heterocycles. The number of carbonyl (C=O) groups excluding carboxylic acids is 1. The van der Waals surface area contributed by atoms with Crippen molar-refractivity contribution in [3.63, 3.8) is 0 Å². The van der Waals surface area contributed by atoms with E-state index in [0.29, 0.717) is 13.2 Å². The van der Waals surface area contributed by atoms with Gasteiger partial charge < -0.3 is 9.16 Å². The average molecular weight is 203 g/mol. The molecule has 0 aromatic heterocycles. The third kappa shape index (κ3) is 3.00. The first-order valence-electron chi connectivity index (χ1n) is 4.51. The van der Waals surface area contributed by atoms with Gasteiger partial charge in [-0.3, -0.25) is 4.90 Å². The summed E-state index contributed by atoms with van der Waals surface area (Å²) >= 11 is 0. The Labute approximate surface area is 79.9 Å². The number of cyclic esters (lactones) is 1. The molecular formula is C8H17NO3Si. The Bertz CT molecular complexity index is 202. The molecule has 1 heterocycles. The molecule has 4 nitrogen and oxygen atoms in total. The zero-order valence-corrected chi connectivity index (χ0v) is 9.66. The van der Waals surface area contributed by atoms with E-state index >= 15 is 0 Å². The molecule has 76 valence electrons. The van der Waals surface area contributed by atoms with Crippen molar-refractivity contribution in [3.8, 4) is 0 Å². The van der Waals surface area contributed by atoms with E-state index in [-0.39, 0.29) is 12.3 Å². The fraction of sp³-hybridized carbons (Fsp3) is 0.875. The van der Waals surface area contributed by atoms with E-state index in [0.717, 1.165) is 0 Å². The highest BCUT2D eigenvalue weighted by atomic mass is 28.4. The van der Waals surface area contributed by atoms with E-state index in [4.69, 9.17) is 9.16 Å². The average Bonchev–Trinajstić information content (AvgIpc) is 2.30. The smallest absolute Gasteiger partial charge is 0.411 e. The molecule has 5 heteroatoms. The molecule has 1 amide bonds. The van der Waals surface area contributed by atoms with E-state index in [1.165, 1.54) is 0 Å². The Morgan fingerprint density at radius 2 is 2.15 bits per heavy atom. The van der Waals surface area contributed by atoms with Gasteiger partial charge in [0.05, 0.1) is 6.54 Å². The van der Waals surface area contributed by atoms with Crippen molar-refractivity contribution in [2.24, 2.45) is 0 Å². The van der Waals surface area contributed by atoms with Gasteiger partial charge in [0.2, 0.25) is 0 Å². The fourth-order valence-electron chi connectivity index (χ4n) is 1.31. The van der Waals surface area contributed by atoms with Gasteiger partial charge >= 0.3 is 6.09 Å². The van der Waals surface area contributed by atoms with Crippen LogP contribution in [0, 0.1) is 0 Å². The minimum absolute atomic E-state index is 0.151. The highest BCUT2D eigenvalue weighted by molar-refractivity contribution is 6.69. The maximum atomic E-state index is 11.1. The molecule has 0 aromatic carbocycles. The third-order valence-electron chi connectivity index (χ3n) is 1.76. The molecule has 1 aliphatic rings. The Morgan fingerprint density at radius 3 is 2.54 bits per heavy atom. The van der Waals surface area contributed by atoms with Gasteiger partial charge in [-0.2, -0.15) is 0 Å². The second kappa shape index (κ2) is 3.67. The summed E-state index contributed by atoms with van der Waals surface area (Å²) in [5, 5.41) is 0. The first kappa shape index (κ1) is 10.5. The van der Waals surface area contributed by atoms with Crippen LogP contribution in [-0.2, 0) is 9.16 Å². The van der Waals surface area contributed by atoms with Gasteiger partial charge in [-0.1, -0.05) is 0 Å². The van der Waals surface area contributed by atoms with Crippen molar-refractivity contribution in [3.05, 3.63) is 0 Å². The lowest BCUT2D eigenvalue weighted by Crippen LogP contribution is -2.42. The van der Waals surface area contributed by atoms with Crippen molar-refractivity contribution in [1.82, 2.24) is 4.90 Å². The van der Waals surface area contributed by atoms with Gasteiger partial charge in [-0.25, -0.2) is 4.79 Å². The maximum absolute atomic E-state index is 11.1. The van der Waals surface area contributed by atoms with Gasteiger partial charge in [0, 0.05) is 0 Å². The Morgan fingerprint density at radius 1 is 1.54 bits per heavy atom. The molecule has 1 aliphatic heterocycles. The molecular weight excluding hydrogens is 186 g/mol. The van der Waals surface area contributed by atoms with Crippen molar-refractivity contribution in [2.45, 2.75) is 32.8 Å². The summed E-state index contributed by atoms with van der Waals surface area (Å²) in [6, 6.07) is 0. The van der Waals surface area contributed by atoms with E-state index in [9.17, 15) is 4.79 Å². The lowest BCUT2D eigenvalue weighted by atomic mass is 10.5. The number of hydrogen-bond acceptors (Lipinski definition) is 3. The second-order valence-corrected chi connectivity index (χ2v) is 8.60. The first-order chi connectivity index (χ1) is 5.90. The summed E-state index contributed by atoms with van der Waals surface area (Å²) < 4.78 is 10.6. The zero-order valence-electron chi connectivity index (χ0n) is 8.66. The van der Waals surface area contributed by atoms with Crippen molar-refractivity contribution >= 4 is 14.4 Å². The highest BCUT2D eigenvalue weighted by Crippen LogP contribution is 2.14. The van der Waals surface area contributed by atoms with Gasteiger partial charge in [0.15, 0.2) is 8.32 Å². The first-order valence-corrected chi connectivity index (χ1v) is 7.92. The van der Waals surface area contributed by atoms with Crippen molar-refractivity contribution in [1.29, 1.82) is 0 Å². The van der Waals surface area contributed by atoms with Crippen LogP contribution in [0.4, 0.5) is 4.79 Å². The van der Waals surface area contributed by atoms with Crippen LogP contribution >= 0.6 is 0 Å². The predicted molar refractivity (Wildman–Crippen MR) is 51.9 cm³/mol. The van der Waals surface area contributed by atoms with E-state index < -0.39 is 8.32 Å². The van der Waals surface area contributed by atoms with Crippen LogP contribution in [0.5, 0.6) is 0 Å². The standard InChI is InChI=1S/C8H17NO3Si/c1-7(12-13(2,3)4)9-5-6-11-8(9)10/h7H,5-6H2,1-4H3. The summed E-state index contributed by atoms with van der Waals surface area (Å²) in [5.74, 6) is 0. The number of nitrogens with zero attached hydrogens (tertiary/aromatic N) is 1. The zero-order chi connectivity index (χ0) is 10.1. The van der Waals surface area contributed by atoms with E-state index in [1.807, 2.05) is 6.92 Å². The number of hydrogen-bond donors (Lipinski definition) is 0. The van der Waals surface area contributed by atoms with Crippen molar-refractivity contribution < 1.29 is 14.0 Å². The van der Waals surface area contributed by atoms with Crippen LogP contribution < -0.4 is 0 Å². The molecule has 1 fully saturated rings. The summed E-state index contributed by atoms with van der Waals surface area (Å²) in [4.78, 5) is 12.8. The Balaban J connectivity index is 2.47. The van der Waals surface area contributed by atoms with Gasteiger partial charge in [0.25, 0.3) is 0 Å². The van der Waals surface area contributed by atoms with Crippen LogP contribution in [0.15, 0.2) is 0 Å². The van der Waals surface area contributed by atoms with Gasteiger partial charge in [-0.05, 0) is 26.6 Å². The summed E-state index contributed by atoms with van der Waals surface area (Å²) in [6.07, 6.45) is -0.410. The van der Waals surface area contributed by atoms with Crippen LogP contribution in [0.3, 0.4) is 0 Å². The van der Waals surface area contributed by atoms with E-state index in [2.05, 4.69) is 19.6 Å². The normalized spacial score (nSPS) is 20.3. The third-order valence-corrected chi connectivity index (χ3v) is 2.80. The lowest BCUT2D eigenvalue weighted by molar-refractivity contribution is 0.0654. The molecule has 0 bridgehead atoms.